The lowest BCUT2D eigenvalue weighted by Crippen LogP contribution is -2.25. The second-order valence-electron chi connectivity index (χ2n) is 5.29. The molecular formula is C16H23N2O3. The molecule has 1 atom stereocenters. The first kappa shape index (κ1) is 15.6. The molecule has 1 fully saturated rings. The third kappa shape index (κ3) is 4.63. The lowest BCUT2D eigenvalue weighted by atomic mass is 9.94. The van der Waals surface area contributed by atoms with Crippen molar-refractivity contribution in [3.63, 3.8) is 0 Å². The van der Waals surface area contributed by atoms with Crippen molar-refractivity contribution >= 4 is 11.6 Å². The number of hydrogen-bond acceptors (Lipinski definition) is 3. The van der Waals surface area contributed by atoms with Crippen molar-refractivity contribution < 1.29 is 14.3 Å². The molecule has 1 unspecified atom stereocenters. The number of anilines is 1. The van der Waals surface area contributed by atoms with Crippen LogP contribution in [0, 0.1) is 5.92 Å². The van der Waals surface area contributed by atoms with Gasteiger partial charge in [-0.3, -0.25) is 4.79 Å². The van der Waals surface area contributed by atoms with Gasteiger partial charge in [-0.05, 0) is 37.3 Å². The van der Waals surface area contributed by atoms with Gasteiger partial charge in [0.1, 0.15) is 0 Å². The summed E-state index contributed by atoms with van der Waals surface area (Å²) in [6, 6.07) is 5.37. The fraction of sp³-hybridized carbons (Fsp3) is 0.562. The highest BCUT2D eigenvalue weighted by Gasteiger charge is 2.15. The largest absolute Gasteiger partial charge is 0.493 e. The molecule has 1 aliphatic heterocycles. The summed E-state index contributed by atoms with van der Waals surface area (Å²) in [4.78, 5) is 12.0. The van der Waals surface area contributed by atoms with Crippen LogP contribution in [0.15, 0.2) is 18.2 Å². The molecule has 1 aromatic rings. The Morgan fingerprint density at radius 2 is 2.14 bits per heavy atom. The summed E-state index contributed by atoms with van der Waals surface area (Å²) in [6.07, 6.45) is 3.78. The number of amides is 1. The lowest BCUT2D eigenvalue weighted by Gasteiger charge is -2.21. The molecular weight excluding hydrogens is 268 g/mol. The van der Waals surface area contributed by atoms with E-state index in [2.05, 4.69) is 10.6 Å². The minimum absolute atomic E-state index is 0.0350. The maximum absolute atomic E-state index is 12.0. The van der Waals surface area contributed by atoms with Crippen molar-refractivity contribution in [2.75, 3.05) is 32.6 Å². The van der Waals surface area contributed by atoms with Crippen LogP contribution < -0.4 is 20.1 Å². The van der Waals surface area contributed by atoms with Gasteiger partial charge in [0.15, 0.2) is 11.5 Å². The van der Waals surface area contributed by atoms with E-state index in [9.17, 15) is 4.79 Å². The first-order valence-electron chi connectivity index (χ1n) is 7.38. The number of piperidine rings is 1. The highest BCUT2D eigenvalue weighted by atomic mass is 16.5. The van der Waals surface area contributed by atoms with Crippen LogP contribution in [-0.2, 0) is 4.79 Å². The minimum atomic E-state index is 0.0350. The molecule has 1 N–H and O–H groups in total. The molecule has 2 rings (SSSR count). The van der Waals surface area contributed by atoms with Crippen LogP contribution in [0.3, 0.4) is 0 Å². The fourth-order valence-electron chi connectivity index (χ4n) is 2.57. The summed E-state index contributed by atoms with van der Waals surface area (Å²) in [5.74, 6) is 1.86. The molecule has 1 radical (unpaired) electrons. The predicted molar refractivity (Wildman–Crippen MR) is 82.0 cm³/mol. The lowest BCUT2D eigenvalue weighted by molar-refractivity contribution is -0.116. The van der Waals surface area contributed by atoms with Crippen LogP contribution in [0.25, 0.3) is 0 Å². The van der Waals surface area contributed by atoms with Crippen molar-refractivity contribution in [2.24, 2.45) is 5.92 Å². The molecule has 5 nitrogen and oxygen atoms in total. The standard InChI is InChI=1S/C16H23N2O3/c1-20-14-7-6-13(10-15(14)21-2)18-16(19)8-5-12-4-3-9-17-11-12/h6-7,10,12H,3-5,8-9,11H2,1-2H3,(H,18,19). The van der Waals surface area contributed by atoms with Crippen LogP contribution in [0.2, 0.25) is 0 Å². The van der Waals surface area contributed by atoms with E-state index in [0.29, 0.717) is 23.8 Å². The zero-order valence-corrected chi connectivity index (χ0v) is 12.7. The highest BCUT2D eigenvalue weighted by molar-refractivity contribution is 5.91. The predicted octanol–water partition coefficient (Wildman–Crippen LogP) is 2.44. The smallest absolute Gasteiger partial charge is 0.224 e. The van der Waals surface area contributed by atoms with Gasteiger partial charge in [0.05, 0.1) is 14.2 Å². The number of ether oxygens (including phenoxy) is 2. The summed E-state index contributed by atoms with van der Waals surface area (Å²) in [7, 11) is 3.17. The second-order valence-corrected chi connectivity index (χ2v) is 5.29. The van der Waals surface area contributed by atoms with Crippen molar-refractivity contribution in [1.82, 2.24) is 5.32 Å². The van der Waals surface area contributed by atoms with E-state index >= 15 is 0 Å². The quantitative estimate of drug-likeness (QED) is 0.875. The molecule has 115 valence electrons. The fourth-order valence-corrected chi connectivity index (χ4v) is 2.57. The maximum atomic E-state index is 12.0. The average molecular weight is 291 g/mol. The molecule has 1 amide bonds. The highest BCUT2D eigenvalue weighted by Crippen LogP contribution is 2.29. The van der Waals surface area contributed by atoms with Gasteiger partial charge < -0.3 is 14.8 Å². The molecule has 1 aromatic carbocycles. The Morgan fingerprint density at radius 3 is 2.81 bits per heavy atom. The summed E-state index contributed by atoms with van der Waals surface area (Å²) in [6.45, 7) is 1.89. The topological polar surface area (TPSA) is 61.7 Å². The molecule has 1 aliphatic rings. The van der Waals surface area contributed by atoms with E-state index in [4.69, 9.17) is 9.47 Å². The number of nitrogens with zero attached hydrogens (tertiary/aromatic N) is 1. The van der Waals surface area contributed by atoms with Gasteiger partial charge in [-0.25, -0.2) is 5.32 Å². The van der Waals surface area contributed by atoms with E-state index in [1.807, 2.05) is 6.07 Å². The Hall–Kier alpha value is -1.75. The third-order valence-electron chi connectivity index (χ3n) is 3.76. The number of carbonyl (C=O) groups excluding carboxylic acids is 1. The SMILES string of the molecule is COc1ccc(NC(=O)CCC2CCC[N]C2)cc1OC. The normalized spacial score (nSPS) is 18.1. The summed E-state index contributed by atoms with van der Waals surface area (Å²) in [5, 5.41) is 7.30. The summed E-state index contributed by atoms with van der Waals surface area (Å²) >= 11 is 0. The molecule has 0 saturated carbocycles. The molecule has 0 bridgehead atoms. The summed E-state index contributed by atoms with van der Waals surface area (Å²) < 4.78 is 10.4. The first-order valence-corrected chi connectivity index (χ1v) is 7.38. The molecule has 0 aromatic heterocycles. The zero-order chi connectivity index (χ0) is 15.1. The summed E-state index contributed by atoms with van der Waals surface area (Å²) in [5.41, 5.74) is 0.728. The Bertz CT molecular complexity index is 471. The molecule has 0 aliphatic carbocycles. The van der Waals surface area contributed by atoms with Crippen LogP contribution >= 0.6 is 0 Å². The second kappa shape index (κ2) is 7.88. The van der Waals surface area contributed by atoms with E-state index in [0.717, 1.165) is 31.6 Å². The number of methoxy groups -OCH3 is 2. The van der Waals surface area contributed by atoms with Gasteiger partial charge in [-0.2, -0.15) is 0 Å². The Morgan fingerprint density at radius 1 is 1.33 bits per heavy atom. The Balaban J connectivity index is 1.84. The van der Waals surface area contributed by atoms with E-state index in [1.165, 1.54) is 6.42 Å². The van der Waals surface area contributed by atoms with Crippen molar-refractivity contribution in [2.45, 2.75) is 25.7 Å². The molecule has 5 heteroatoms. The zero-order valence-electron chi connectivity index (χ0n) is 12.7. The van der Waals surface area contributed by atoms with E-state index < -0.39 is 0 Å². The van der Waals surface area contributed by atoms with Crippen molar-refractivity contribution in [3.8, 4) is 11.5 Å². The molecule has 0 spiro atoms. The van der Waals surface area contributed by atoms with Crippen molar-refractivity contribution in [1.29, 1.82) is 0 Å². The number of hydrogen-bond donors (Lipinski definition) is 1. The number of rotatable bonds is 6. The Labute approximate surface area is 126 Å². The van der Waals surface area contributed by atoms with Gasteiger partial charge in [-0.1, -0.05) is 0 Å². The number of benzene rings is 1. The molecule has 1 saturated heterocycles. The molecule has 21 heavy (non-hydrogen) atoms. The van der Waals surface area contributed by atoms with E-state index in [1.54, 1.807) is 26.4 Å². The van der Waals surface area contributed by atoms with Crippen LogP contribution in [0.4, 0.5) is 5.69 Å². The first-order chi connectivity index (χ1) is 10.2. The maximum Gasteiger partial charge on any atom is 0.224 e. The van der Waals surface area contributed by atoms with Crippen molar-refractivity contribution in [3.05, 3.63) is 18.2 Å². The van der Waals surface area contributed by atoms with Gasteiger partial charge in [-0.15, -0.1) is 0 Å². The monoisotopic (exact) mass is 291 g/mol. The van der Waals surface area contributed by atoms with Crippen LogP contribution in [0.1, 0.15) is 25.7 Å². The minimum Gasteiger partial charge on any atom is -0.493 e. The third-order valence-corrected chi connectivity index (χ3v) is 3.76. The Kier molecular flexibility index (Phi) is 5.87. The number of nitrogens with one attached hydrogen (secondary N) is 1. The van der Waals surface area contributed by atoms with Crippen LogP contribution in [-0.4, -0.2) is 33.2 Å². The van der Waals surface area contributed by atoms with Gasteiger partial charge in [0, 0.05) is 31.3 Å². The number of carbonyl (C=O) groups is 1. The average Bonchev–Trinajstić information content (AvgIpc) is 2.53. The van der Waals surface area contributed by atoms with Gasteiger partial charge >= 0.3 is 0 Å². The molecule has 1 heterocycles. The van der Waals surface area contributed by atoms with Gasteiger partial charge in [0.25, 0.3) is 0 Å². The van der Waals surface area contributed by atoms with Gasteiger partial charge in [0.2, 0.25) is 5.91 Å². The van der Waals surface area contributed by atoms with Crippen LogP contribution in [0.5, 0.6) is 11.5 Å². The van der Waals surface area contributed by atoms with E-state index in [-0.39, 0.29) is 5.91 Å².